The van der Waals surface area contributed by atoms with Crippen molar-refractivity contribution in [3.05, 3.63) is 0 Å². The van der Waals surface area contributed by atoms with Gasteiger partial charge >= 0.3 is 0 Å². The van der Waals surface area contributed by atoms with E-state index in [1.165, 1.54) is 0 Å². The van der Waals surface area contributed by atoms with Gasteiger partial charge in [0.1, 0.15) is 11.5 Å². The molecule has 6 nitrogen and oxygen atoms in total. The average molecular weight is 237 g/mol. The van der Waals surface area contributed by atoms with Crippen molar-refractivity contribution in [3.8, 4) is 6.07 Å². The molecule has 1 saturated carbocycles. The van der Waals surface area contributed by atoms with Gasteiger partial charge < -0.3 is 15.7 Å². The molecular formula is C11H15N3O3. The highest BCUT2D eigenvalue weighted by molar-refractivity contribution is 6.01. The summed E-state index contributed by atoms with van der Waals surface area (Å²) in [5.74, 6) is -2.10. The number of aliphatic hydroxyl groups excluding tert-OH is 1. The minimum Gasteiger partial charge on any atom is -0.392 e. The van der Waals surface area contributed by atoms with Crippen LogP contribution in [-0.2, 0) is 9.59 Å². The van der Waals surface area contributed by atoms with Crippen LogP contribution in [0.3, 0.4) is 0 Å². The summed E-state index contributed by atoms with van der Waals surface area (Å²) in [5, 5.41) is 23.8. The number of amides is 2. The van der Waals surface area contributed by atoms with Crippen molar-refractivity contribution in [2.75, 3.05) is 6.54 Å². The molecule has 0 aromatic carbocycles. The highest BCUT2D eigenvalue weighted by atomic mass is 16.3. The molecule has 1 aliphatic carbocycles. The molecule has 1 heterocycles. The molecule has 2 amide bonds. The normalized spacial score (nSPS) is 30.7. The number of carbonyl (C=O) groups is 2. The molecule has 2 unspecified atom stereocenters. The third-order valence-corrected chi connectivity index (χ3v) is 3.47. The smallest absolute Gasteiger partial charge is 0.236 e. The van der Waals surface area contributed by atoms with Crippen molar-refractivity contribution in [2.24, 2.45) is 5.92 Å². The topological polar surface area (TPSA) is 102 Å². The van der Waals surface area contributed by atoms with E-state index < -0.39 is 29.4 Å². The Morgan fingerprint density at radius 1 is 1.59 bits per heavy atom. The van der Waals surface area contributed by atoms with E-state index in [0.29, 0.717) is 25.8 Å². The number of aliphatic hydroxyl groups is 1. The van der Waals surface area contributed by atoms with Crippen molar-refractivity contribution in [2.45, 2.75) is 37.3 Å². The molecule has 2 atom stereocenters. The van der Waals surface area contributed by atoms with Gasteiger partial charge in [0.25, 0.3) is 0 Å². The summed E-state index contributed by atoms with van der Waals surface area (Å²) in [7, 11) is 0. The van der Waals surface area contributed by atoms with Gasteiger partial charge in [-0.3, -0.25) is 9.59 Å². The van der Waals surface area contributed by atoms with Crippen molar-refractivity contribution >= 4 is 11.8 Å². The summed E-state index contributed by atoms with van der Waals surface area (Å²) in [6, 6.07) is 2.07. The van der Waals surface area contributed by atoms with E-state index >= 15 is 0 Å². The number of piperidine rings is 1. The lowest BCUT2D eigenvalue weighted by Gasteiger charge is -2.37. The van der Waals surface area contributed by atoms with Gasteiger partial charge in [0.05, 0.1) is 12.2 Å². The van der Waals surface area contributed by atoms with E-state index in [1.807, 2.05) is 0 Å². The van der Waals surface area contributed by atoms with Gasteiger partial charge in [0.15, 0.2) is 0 Å². The third-order valence-electron chi connectivity index (χ3n) is 3.47. The number of hydrogen-bond donors (Lipinski definition) is 3. The largest absolute Gasteiger partial charge is 0.392 e. The zero-order valence-corrected chi connectivity index (χ0v) is 9.40. The highest BCUT2D eigenvalue weighted by Crippen LogP contribution is 2.31. The maximum Gasteiger partial charge on any atom is 0.236 e. The molecule has 1 saturated heterocycles. The van der Waals surface area contributed by atoms with Crippen molar-refractivity contribution in [3.63, 3.8) is 0 Å². The first-order chi connectivity index (χ1) is 8.08. The van der Waals surface area contributed by atoms with E-state index in [0.717, 1.165) is 6.42 Å². The summed E-state index contributed by atoms with van der Waals surface area (Å²) >= 11 is 0. The molecule has 0 radical (unpaired) electrons. The molecule has 2 fully saturated rings. The van der Waals surface area contributed by atoms with Crippen LogP contribution in [0.5, 0.6) is 0 Å². The zero-order chi connectivity index (χ0) is 12.5. The first-order valence-corrected chi connectivity index (χ1v) is 5.77. The quantitative estimate of drug-likeness (QED) is 0.538. The number of nitrogens with zero attached hydrogens (tertiary/aromatic N) is 1. The Labute approximate surface area is 99.0 Å². The molecule has 2 rings (SSSR count). The van der Waals surface area contributed by atoms with Gasteiger partial charge in [0, 0.05) is 6.54 Å². The van der Waals surface area contributed by atoms with Crippen LogP contribution in [-0.4, -0.2) is 35.1 Å². The number of carbonyl (C=O) groups excluding carboxylic acids is 2. The third kappa shape index (κ3) is 2.11. The van der Waals surface area contributed by atoms with E-state index in [1.54, 1.807) is 0 Å². The molecular weight excluding hydrogens is 222 g/mol. The monoisotopic (exact) mass is 237 g/mol. The molecule has 3 N–H and O–H groups in total. The minimum absolute atomic E-state index is 0.364. The average Bonchev–Trinajstić information content (AvgIpc) is 2.23. The fourth-order valence-electron chi connectivity index (χ4n) is 2.20. The molecule has 6 heteroatoms. The number of hydrogen-bond acceptors (Lipinski definition) is 4. The van der Waals surface area contributed by atoms with Crippen LogP contribution in [0.2, 0.25) is 0 Å². The fourth-order valence-corrected chi connectivity index (χ4v) is 2.20. The standard InChI is InChI=1S/C11H15N3O3/c12-6-11(3-1-4-11)14-10(17)8-7(15)2-5-13-9(8)16/h7-8,15H,1-5H2,(H,13,16)(H,14,17). The lowest BCUT2D eigenvalue weighted by atomic mass is 9.77. The summed E-state index contributed by atoms with van der Waals surface area (Å²) in [6.45, 7) is 0.382. The van der Waals surface area contributed by atoms with Crippen LogP contribution in [0.4, 0.5) is 0 Å². The molecule has 0 bridgehead atoms. The molecule has 0 aromatic rings. The molecule has 2 aliphatic rings. The molecule has 0 aromatic heterocycles. The lowest BCUT2D eigenvalue weighted by Crippen LogP contribution is -2.59. The van der Waals surface area contributed by atoms with Crippen molar-refractivity contribution < 1.29 is 14.7 Å². The summed E-state index contributed by atoms with van der Waals surface area (Å²) < 4.78 is 0. The maximum absolute atomic E-state index is 11.9. The summed E-state index contributed by atoms with van der Waals surface area (Å²) in [6.07, 6.45) is 1.52. The molecule has 92 valence electrons. The number of nitrogens with one attached hydrogen (secondary N) is 2. The van der Waals surface area contributed by atoms with Gasteiger partial charge in [0.2, 0.25) is 11.8 Å². The van der Waals surface area contributed by atoms with Crippen LogP contribution in [0.25, 0.3) is 0 Å². The van der Waals surface area contributed by atoms with Crippen LogP contribution in [0, 0.1) is 17.2 Å². The van der Waals surface area contributed by atoms with Gasteiger partial charge in [-0.25, -0.2) is 0 Å². The number of rotatable bonds is 2. The van der Waals surface area contributed by atoms with Crippen molar-refractivity contribution in [1.29, 1.82) is 5.26 Å². The second-order valence-electron chi connectivity index (χ2n) is 4.66. The van der Waals surface area contributed by atoms with E-state index in [9.17, 15) is 14.7 Å². The Morgan fingerprint density at radius 2 is 2.29 bits per heavy atom. The first kappa shape index (κ1) is 11.9. The van der Waals surface area contributed by atoms with Crippen LogP contribution in [0.1, 0.15) is 25.7 Å². The fraction of sp³-hybridized carbons (Fsp3) is 0.727. The predicted molar refractivity (Wildman–Crippen MR) is 57.5 cm³/mol. The van der Waals surface area contributed by atoms with Gasteiger partial charge in [-0.1, -0.05) is 0 Å². The first-order valence-electron chi connectivity index (χ1n) is 5.77. The predicted octanol–water partition coefficient (Wildman–Crippen LogP) is -0.954. The van der Waals surface area contributed by atoms with Crippen LogP contribution >= 0.6 is 0 Å². The van der Waals surface area contributed by atoms with Crippen molar-refractivity contribution in [1.82, 2.24) is 10.6 Å². The number of nitriles is 1. The van der Waals surface area contributed by atoms with Crippen LogP contribution in [0.15, 0.2) is 0 Å². The second kappa shape index (κ2) is 4.34. The summed E-state index contributed by atoms with van der Waals surface area (Å²) in [4.78, 5) is 23.4. The minimum atomic E-state index is -1.09. The van der Waals surface area contributed by atoms with E-state index in [4.69, 9.17) is 5.26 Å². The Balaban J connectivity index is 2.04. The van der Waals surface area contributed by atoms with Gasteiger partial charge in [-0.05, 0) is 25.7 Å². The molecule has 0 spiro atoms. The zero-order valence-electron chi connectivity index (χ0n) is 9.40. The molecule has 17 heavy (non-hydrogen) atoms. The Kier molecular flexibility index (Phi) is 3.03. The SMILES string of the molecule is N#CC1(NC(=O)C2C(=O)NCCC2O)CCC1. The van der Waals surface area contributed by atoms with Crippen LogP contribution < -0.4 is 10.6 Å². The Hall–Kier alpha value is -1.61. The lowest BCUT2D eigenvalue weighted by molar-refractivity contribution is -0.143. The maximum atomic E-state index is 11.9. The summed E-state index contributed by atoms with van der Waals surface area (Å²) in [5.41, 5.74) is -0.825. The Morgan fingerprint density at radius 3 is 2.76 bits per heavy atom. The van der Waals surface area contributed by atoms with E-state index in [-0.39, 0.29) is 0 Å². The Bertz CT molecular complexity index is 384. The van der Waals surface area contributed by atoms with E-state index in [2.05, 4.69) is 16.7 Å². The molecule has 1 aliphatic heterocycles. The highest BCUT2D eigenvalue weighted by Gasteiger charge is 2.43. The second-order valence-corrected chi connectivity index (χ2v) is 4.66. The van der Waals surface area contributed by atoms with Gasteiger partial charge in [-0.2, -0.15) is 5.26 Å². The van der Waals surface area contributed by atoms with Gasteiger partial charge in [-0.15, -0.1) is 0 Å².